The summed E-state index contributed by atoms with van der Waals surface area (Å²) in [7, 11) is 0. The molecule has 0 aliphatic carbocycles. The van der Waals surface area contributed by atoms with Crippen molar-refractivity contribution in [2.45, 2.75) is 25.9 Å². The molecule has 1 heterocycles. The maximum atomic E-state index is 6.00. The Balaban J connectivity index is 2.11. The Kier molecular flexibility index (Phi) is 4.02. The van der Waals surface area contributed by atoms with Gasteiger partial charge < -0.3 is 10.3 Å². The van der Waals surface area contributed by atoms with Crippen LogP contribution in [0, 0.1) is 0 Å². The Morgan fingerprint density at radius 2 is 2.18 bits per heavy atom. The lowest BCUT2D eigenvalue weighted by molar-refractivity contribution is 0.693. The lowest BCUT2D eigenvalue weighted by atomic mass is 10.1. The number of nitrogens with zero attached hydrogens (tertiary/aromatic N) is 1. The molecule has 0 aliphatic heterocycles. The van der Waals surface area contributed by atoms with Crippen LogP contribution in [0.4, 0.5) is 0 Å². The highest BCUT2D eigenvalue weighted by Crippen LogP contribution is 2.16. The molecule has 0 amide bonds. The third-order valence-electron chi connectivity index (χ3n) is 2.90. The molecule has 1 aromatic heterocycles. The fourth-order valence-electron chi connectivity index (χ4n) is 1.86. The molecule has 0 bridgehead atoms. The smallest absolute Gasteiger partial charge is 0.0470 e. The Bertz CT molecular complexity index is 490. The van der Waals surface area contributed by atoms with Crippen molar-refractivity contribution in [3.8, 4) is 0 Å². The maximum absolute atomic E-state index is 6.00. The number of rotatable bonds is 4. The summed E-state index contributed by atoms with van der Waals surface area (Å²) in [4.78, 5) is 0. The van der Waals surface area contributed by atoms with Gasteiger partial charge >= 0.3 is 0 Å². The molecule has 1 atom stereocenters. The van der Waals surface area contributed by atoms with E-state index in [1.54, 1.807) is 0 Å². The number of hydrogen-bond donors (Lipinski definition) is 1. The van der Waals surface area contributed by atoms with Crippen molar-refractivity contribution in [2.24, 2.45) is 5.73 Å². The first-order valence-corrected chi connectivity index (χ1v) is 6.64. The number of hydrogen-bond acceptors (Lipinski definition) is 1. The molecule has 0 aliphatic rings. The van der Waals surface area contributed by atoms with Gasteiger partial charge in [0.2, 0.25) is 0 Å². The number of benzene rings is 1. The van der Waals surface area contributed by atoms with Crippen LogP contribution < -0.4 is 5.73 Å². The van der Waals surface area contributed by atoms with Crippen LogP contribution >= 0.6 is 15.9 Å². The molecule has 2 N–H and O–H groups in total. The van der Waals surface area contributed by atoms with E-state index in [0.29, 0.717) is 0 Å². The zero-order chi connectivity index (χ0) is 12.3. The SMILES string of the molecule is CCC(N)c1ccn(Cc2cccc(Br)c2)c1. The van der Waals surface area contributed by atoms with E-state index in [9.17, 15) is 0 Å². The maximum Gasteiger partial charge on any atom is 0.0470 e. The van der Waals surface area contributed by atoms with Gasteiger partial charge in [0.15, 0.2) is 0 Å². The number of halogens is 1. The molecule has 17 heavy (non-hydrogen) atoms. The van der Waals surface area contributed by atoms with Crippen molar-refractivity contribution in [1.29, 1.82) is 0 Å². The summed E-state index contributed by atoms with van der Waals surface area (Å²) in [6.45, 7) is 2.99. The molecule has 0 radical (unpaired) electrons. The molecular formula is C14H17BrN2. The van der Waals surface area contributed by atoms with Crippen molar-refractivity contribution >= 4 is 15.9 Å². The summed E-state index contributed by atoms with van der Waals surface area (Å²) in [5, 5.41) is 0. The van der Waals surface area contributed by atoms with E-state index in [0.717, 1.165) is 17.4 Å². The quantitative estimate of drug-likeness (QED) is 0.915. The van der Waals surface area contributed by atoms with Crippen molar-refractivity contribution in [1.82, 2.24) is 4.57 Å². The van der Waals surface area contributed by atoms with E-state index in [1.165, 1.54) is 11.1 Å². The topological polar surface area (TPSA) is 30.9 Å². The Morgan fingerprint density at radius 1 is 1.35 bits per heavy atom. The second-order valence-electron chi connectivity index (χ2n) is 4.26. The first kappa shape index (κ1) is 12.4. The molecule has 1 unspecified atom stereocenters. The van der Waals surface area contributed by atoms with Crippen LogP contribution in [0.25, 0.3) is 0 Å². The summed E-state index contributed by atoms with van der Waals surface area (Å²) in [5.41, 5.74) is 8.50. The molecule has 90 valence electrons. The lowest BCUT2D eigenvalue weighted by Crippen LogP contribution is -2.07. The number of aromatic nitrogens is 1. The molecule has 0 spiro atoms. The summed E-state index contributed by atoms with van der Waals surface area (Å²) >= 11 is 3.49. The molecule has 0 saturated heterocycles. The summed E-state index contributed by atoms with van der Waals surface area (Å²) in [6.07, 6.45) is 5.20. The van der Waals surface area contributed by atoms with Crippen molar-refractivity contribution in [3.05, 3.63) is 58.3 Å². The average molecular weight is 293 g/mol. The zero-order valence-electron chi connectivity index (χ0n) is 9.94. The molecule has 1 aromatic carbocycles. The molecule has 2 rings (SSSR count). The molecule has 0 fully saturated rings. The minimum absolute atomic E-state index is 0.152. The zero-order valence-corrected chi connectivity index (χ0v) is 11.5. The predicted octanol–water partition coefficient (Wildman–Crippen LogP) is 3.71. The average Bonchev–Trinajstić information content (AvgIpc) is 2.76. The Labute approximate surface area is 111 Å². The van der Waals surface area contributed by atoms with E-state index in [-0.39, 0.29) is 6.04 Å². The molecular weight excluding hydrogens is 276 g/mol. The summed E-state index contributed by atoms with van der Waals surface area (Å²) in [6, 6.07) is 10.6. The van der Waals surface area contributed by atoms with E-state index in [4.69, 9.17) is 5.73 Å². The van der Waals surface area contributed by atoms with E-state index in [2.05, 4.69) is 64.1 Å². The minimum Gasteiger partial charge on any atom is -0.350 e. The van der Waals surface area contributed by atoms with Crippen molar-refractivity contribution in [2.75, 3.05) is 0 Å². The van der Waals surface area contributed by atoms with Crippen LogP contribution in [0.15, 0.2) is 47.2 Å². The van der Waals surface area contributed by atoms with Crippen molar-refractivity contribution in [3.63, 3.8) is 0 Å². The van der Waals surface area contributed by atoms with Gasteiger partial charge in [0.25, 0.3) is 0 Å². The van der Waals surface area contributed by atoms with E-state index >= 15 is 0 Å². The van der Waals surface area contributed by atoms with Gasteiger partial charge in [0.1, 0.15) is 0 Å². The van der Waals surface area contributed by atoms with E-state index < -0.39 is 0 Å². The minimum atomic E-state index is 0.152. The molecule has 2 aromatic rings. The number of nitrogens with two attached hydrogens (primary N) is 1. The van der Waals surface area contributed by atoms with Gasteiger partial charge in [-0.25, -0.2) is 0 Å². The highest BCUT2D eigenvalue weighted by atomic mass is 79.9. The fraction of sp³-hybridized carbons (Fsp3) is 0.286. The van der Waals surface area contributed by atoms with Gasteiger partial charge in [-0.1, -0.05) is 35.0 Å². The predicted molar refractivity (Wildman–Crippen MR) is 74.9 cm³/mol. The first-order valence-electron chi connectivity index (χ1n) is 5.84. The van der Waals surface area contributed by atoms with E-state index in [1.807, 2.05) is 6.07 Å². The monoisotopic (exact) mass is 292 g/mol. The summed E-state index contributed by atoms with van der Waals surface area (Å²) in [5.74, 6) is 0. The molecule has 2 nitrogen and oxygen atoms in total. The van der Waals surface area contributed by atoms with Crippen LogP contribution in [0.2, 0.25) is 0 Å². The van der Waals surface area contributed by atoms with Crippen molar-refractivity contribution < 1.29 is 0 Å². The van der Waals surface area contributed by atoms with Gasteiger partial charge in [-0.2, -0.15) is 0 Å². The third kappa shape index (κ3) is 3.20. The third-order valence-corrected chi connectivity index (χ3v) is 3.39. The van der Waals surface area contributed by atoms with Gasteiger partial charge in [-0.15, -0.1) is 0 Å². The highest BCUT2D eigenvalue weighted by molar-refractivity contribution is 9.10. The Hall–Kier alpha value is -1.06. The van der Waals surface area contributed by atoms with Crippen LogP contribution in [0.3, 0.4) is 0 Å². The second-order valence-corrected chi connectivity index (χ2v) is 5.18. The lowest BCUT2D eigenvalue weighted by Gasteiger charge is -2.06. The van der Waals surface area contributed by atoms with Gasteiger partial charge in [0, 0.05) is 29.5 Å². The standard InChI is InChI=1S/C14H17BrN2/c1-2-14(16)12-6-7-17(10-12)9-11-4-3-5-13(15)8-11/h3-8,10,14H,2,9,16H2,1H3. The normalized spacial score (nSPS) is 12.6. The second kappa shape index (κ2) is 5.52. The largest absolute Gasteiger partial charge is 0.350 e. The van der Waals surface area contributed by atoms with Gasteiger partial charge in [-0.3, -0.25) is 0 Å². The first-order chi connectivity index (χ1) is 8.19. The highest BCUT2D eigenvalue weighted by Gasteiger charge is 2.05. The molecule has 0 saturated carbocycles. The molecule has 3 heteroatoms. The fourth-order valence-corrected chi connectivity index (χ4v) is 2.31. The van der Waals surface area contributed by atoms with Crippen LogP contribution in [0.5, 0.6) is 0 Å². The van der Waals surface area contributed by atoms with Gasteiger partial charge in [0.05, 0.1) is 0 Å². The van der Waals surface area contributed by atoms with Crippen LogP contribution in [0.1, 0.15) is 30.5 Å². The van der Waals surface area contributed by atoms with Crippen LogP contribution in [-0.2, 0) is 6.54 Å². The Morgan fingerprint density at radius 3 is 2.88 bits per heavy atom. The van der Waals surface area contributed by atoms with Crippen LogP contribution in [-0.4, -0.2) is 4.57 Å². The van der Waals surface area contributed by atoms with Gasteiger partial charge in [-0.05, 0) is 35.7 Å². The summed E-state index contributed by atoms with van der Waals surface area (Å²) < 4.78 is 3.29.